The van der Waals surface area contributed by atoms with E-state index >= 15 is 0 Å². The fourth-order valence-corrected chi connectivity index (χ4v) is 3.60. The molecule has 4 aromatic heterocycles. The summed E-state index contributed by atoms with van der Waals surface area (Å²) in [4.78, 5) is 8.93. The fraction of sp³-hybridized carbons (Fsp3) is 0.350. The quantitative estimate of drug-likeness (QED) is 0.560. The van der Waals surface area contributed by atoms with Crippen molar-refractivity contribution in [3.8, 4) is 11.3 Å². The number of nitrogens with zero attached hydrogens (tertiary/aromatic N) is 7. The van der Waals surface area contributed by atoms with Crippen molar-refractivity contribution < 1.29 is 4.74 Å². The first-order valence-electron chi connectivity index (χ1n) is 9.80. The molecule has 4 aromatic rings. The average molecular weight is 390 g/mol. The number of rotatable bonds is 5. The van der Waals surface area contributed by atoms with Gasteiger partial charge in [-0.25, -0.2) is 9.97 Å². The number of aryl methyl sites for hydroxylation is 1. The van der Waals surface area contributed by atoms with Crippen molar-refractivity contribution in [1.82, 2.24) is 34.3 Å². The zero-order valence-electron chi connectivity index (χ0n) is 16.2. The largest absolute Gasteiger partial charge is 0.378 e. The molecule has 1 aliphatic rings. The van der Waals surface area contributed by atoms with E-state index < -0.39 is 0 Å². The van der Waals surface area contributed by atoms with Crippen LogP contribution in [0.2, 0.25) is 0 Å². The number of aromatic nitrogens is 7. The second kappa shape index (κ2) is 7.59. The van der Waals surface area contributed by atoms with E-state index in [9.17, 15) is 0 Å². The van der Waals surface area contributed by atoms with E-state index in [0.29, 0.717) is 5.95 Å². The molecular weight excluding hydrogens is 368 g/mol. The third-order valence-electron chi connectivity index (χ3n) is 5.18. The van der Waals surface area contributed by atoms with Crippen LogP contribution in [0.4, 0.5) is 11.8 Å². The van der Waals surface area contributed by atoms with Gasteiger partial charge in [0.1, 0.15) is 11.6 Å². The number of ether oxygens (including phenoxy) is 1. The Balaban J connectivity index is 1.39. The first-order valence-corrected chi connectivity index (χ1v) is 9.80. The van der Waals surface area contributed by atoms with Crippen LogP contribution in [0.15, 0.2) is 42.9 Å². The van der Waals surface area contributed by atoms with E-state index in [2.05, 4.69) is 30.6 Å². The second-order valence-corrected chi connectivity index (χ2v) is 7.18. The van der Waals surface area contributed by atoms with E-state index in [4.69, 9.17) is 4.74 Å². The summed E-state index contributed by atoms with van der Waals surface area (Å²) in [5.74, 6) is 2.27. The standard InChI is InChI=1S/C20H22N8O/c1-27-17(6-9-22-27)24-20-21-8-5-16(23-20)14-7-10-28-18(12-14)25-26-19(28)13-15-4-2-3-11-29-15/h5-10,12,15H,2-4,11,13H2,1H3,(H,21,23,24). The van der Waals surface area contributed by atoms with Gasteiger partial charge >= 0.3 is 0 Å². The van der Waals surface area contributed by atoms with Crippen LogP contribution in [-0.4, -0.2) is 47.1 Å². The zero-order valence-corrected chi connectivity index (χ0v) is 16.2. The van der Waals surface area contributed by atoms with E-state index in [-0.39, 0.29) is 6.10 Å². The summed E-state index contributed by atoms with van der Waals surface area (Å²) in [5.41, 5.74) is 2.57. The Morgan fingerprint density at radius 1 is 1.17 bits per heavy atom. The van der Waals surface area contributed by atoms with E-state index in [1.807, 2.05) is 41.9 Å². The lowest BCUT2D eigenvalue weighted by Gasteiger charge is -2.21. The Bertz CT molecular complexity index is 1130. The van der Waals surface area contributed by atoms with Gasteiger partial charge < -0.3 is 10.1 Å². The summed E-state index contributed by atoms with van der Waals surface area (Å²) < 4.78 is 9.60. The summed E-state index contributed by atoms with van der Waals surface area (Å²) in [6, 6.07) is 7.77. The lowest BCUT2D eigenvalue weighted by atomic mass is 10.1. The smallest absolute Gasteiger partial charge is 0.228 e. The molecule has 5 rings (SSSR count). The fourth-order valence-electron chi connectivity index (χ4n) is 3.60. The highest BCUT2D eigenvalue weighted by Crippen LogP contribution is 2.22. The SMILES string of the molecule is Cn1nccc1Nc1nccc(-c2ccn3c(CC4CCCCO4)nnc3c2)n1. The molecular formula is C20H22N8O. The van der Waals surface area contributed by atoms with Gasteiger partial charge in [-0.05, 0) is 37.5 Å². The van der Waals surface area contributed by atoms with Crippen LogP contribution >= 0.6 is 0 Å². The molecule has 9 nitrogen and oxygen atoms in total. The Kier molecular flexibility index (Phi) is 4.65. The normalized spacial score (nSPS) is 16.9. The van der Waals surface area contributed by atoms with Crippen LogP contribution in [0.3, 0.4) is 0 Å². The summed E-state index contributed by atoms with van der Waals surface area (Å²) in [7, 11) is 1.86. The molecule has 1 fully saturated rings. The number of hydrogen-bond acceptors (Lipinski definition) is 7. The molecule has 1 N–H and O–H groups in total. The van der Waals surface area contributed by atoms with Crippen LogP contribution in [0.1, 0.15) is 25.1 Å². The van der Waals surface area contributed by atoms with Crippen molar-refractivity contribution in [3.63, 3.8) is 0 Å². The van der Waals surface area contributed by atoms with E-state index in [1.165, 1.54) is 6.42 Å². The summed E-state index contributed by atoms with van der Waals surface area (Å²) in [6.45, 7) is 0.842. The van der Waals surface area contributed by atoms with Gasteiger partial charge in [-0.1, -0.05) is 0 Å². The van der Waals surface area contributed by atoms with Crippen LogP contribution in [-0.2, 0) is 18.2 Å². The number of fused-ring (bicyclic) bond motifs is 1. The minimum Gasteiger partial charge on any atom is -0.378 e. The van der Waals surface area contributed by atoms with Gasteiger partial charge in [0, 0.05) is 44.1 Å². The molecule has 0 aromatic carbocycles. The van der Waals surface area contributed by atoms with Crippen molar-refractivity contribution in [1.29, 1.82) is 0 Å². The Labute approximate surface area is 167 Å². The van der Waals surface area contributed by atoms with Gasteiger partial charge in [0.15, 0.2) is 5.65 Å². The molecule has 0 aliphatic carbocycles. The molecule has 5 heterocycles. The van der Waals surface area contributed by atoms with Gasteiger partial charge in [-0.3, -0.25) is 9.08 Å². The van der Waals surface area contributed by atoms with Crippen LogP contribution in [0.5, 0.6) is 0 Å². The van der Waals surface area contributed by atoms with Crippen LogP contribution < -0.4 is 5.32 Å². The van der Waals surface area contributed by atoms with Crippen LogP contribution in [0.25, 0.3) is 16.9 Å². The molecule has 0 spiro atoms. The molecule has 0 amide bonds. The molecule has 148 valence electrons. The molecule has 9 heteroatoms. The number of hydrogen-bond donors (Lipinski definition) is 1. The summed E-state index contributed by atoms with van der Waals surface area (Å²) in [6.07, 6.45) is 9.93. The van der Waals surface area contributed by atoms with Crippen molar-refractivity contribution in [2.24, 2.45) is 7.05 Å². The number of pyridine rings is 1. The lowest BCUT2D eigenvalue weighted by molar-refractivity contribution is 0.0155. The van der Waals surface area contributed by atoms with Gasteiger partial charge in [0.2, 0.25) is 5.95 Å². The maximum atomic E-state index is 5.85. The minimum atomic E-state index is 0.235. The highest BCUT2D eigenvalue weighted by molar-refractivity contribution is 5.65. The molecule has 0 radical (unpaired) electrons. The van der Waals surface area contributed by atoms with Crippen molar-refractivity contribution in [2.45, 2.75) is 31.8 Å². The predicted octanol–water partition coefficient (Wildman–Crippen LogP) is 2.78. The predicted molar refractivity (Wildman–Crippen MR) is 108 cm³/mol. The first kappa shape index (κ1) is 17.7. The van der Waals surface area contributed by atoms with E-state index in [1.54, 1.807) is 17.1 Å². The molecule has 1 saturated heterocycles. The topological polar surface area (TPSA) is 95.1 Å². The van der Waals surface area contributed by atoms with Crippen LogP contribution in [0, 0.1) is 0 Å². The van der Waals surface area contributed by atoms with Crippen molar-refractivity contribution >= 4 is 17.4 Å². The van der Waals surface area contributed by atoms with Gasteiger partial charge in [0.25, 0.3) is 0 Å². The van der Waals surface area contributed by atoms with E-state index in [0.717, 1.165) is 54.4 Å². The first-order chi connectivity index (χ1) is 14.3. The Morgan fingerprint density at radius 3 is 2.97 bits per heavy atom. The van der Waals surface area contributed by atoms with Gasteiger partial charge in [0.05, 0.1) is 18.0 Å². The number of anilines is 2. The average Bonchev–Trinajstić information content (AvgIpc) is 3.35. The third-order valence-corrected chi connectivity index (χ3v) is 5.18. The molecule has 1 atom stereocenters. The van der Waals surface area contributed by atoms with Gasteiger partial charge in [-0.2, -0.15) is 5.10 Å². The third kappa shape index (κ3) is 3.68. The van der Waals surface area contributed by atoms with Gasteiger partial charge in [-0.15, -0.1) is 10.2 Å². The summed E-state index contributed by atoms with van der Waals surface area (Å²) in [5, 5.41) is 16.1. The Hall–Kier alpha value is -3.33. The minimum absolute atomic E-state index is 0.235. The second-order valence-electron chi connectivity index (χ2n) is 7.18. The highest BCUT2D eigenvalue weighted by atomic mass is 16.5. The lowest BCUT2D eigenvalue weighted by Crippen LogP contribution is -2.22. The molecule has 29 heavy (non-hydrogen) atoms. The van der Waals surface area contributed by atoms with Crippen molar-refractivity contribution in [3.05, 3.63) is 48.7 Å². The van der Waals surface area contributed by atoms with Crippen molar-refractivity contribution in [2.75, 3.05) is 11.9 Å². The monoisotopic (exact) mass is 390 g/mol. The number of nitrogens with one attached hydrogen (secondary N) is 1. The maximum absolute atomic E-state index is 5.85. The highest BCUT2D eigenvalue weighted by Gasteiger charge is 2.18. The maximum Gasteiger partial charge on any atom is 0.228 e. The zero-order chi connectivity index (χ0) is 19.6. The molecule has 1 unspecified atom stereocenters. The molecule has 1 aliphatic heterocycles. The molecule has 0 saturated carbocycles. The Morgan fingerprint density at radius 2 is 2.14 bits per heavy atom. The molecule has 0 bridgehead atoms. The summed E-state index contributed by atoms with van der Waals surface area (Å²) >= 11 is 0.